The minimum Gasteiger partial charge on any atom is -0.355 e. The van der Waals surface area contributed by atoms with Crippen molar-refractivity contribution in [3.8, 4) is 0 Å². The molecule has 4 heteroatoms. The van der Waals surface area contributed by atoms with E-state index >= 15 is 0 Å². The number of amides is 1. The number of hydrogen-bond donors (Lipinski definition) is 3. The lowest BCUT2D eigenvalue weighted by molar-refractivity contribution is -0.120. The van der Waals surface area contributed by atoms with Crippen molar-refractivity contribution in [1.82, 2.24) is 10.6 Å². The van der Waals surface area contributed by atoms with Crippen molar-refractivity contribution >= 4 is 5.91 Å². The van der Waals surface area contributed by atoms with Gasteiger partial charge < -0.3 is 16.4 Å². The Bertz CT molecular complexity index is 196. The molecule has 1 fully saturated rings. The van der Waals surface area contributed by atoms with Crippen molar-refractivity contribution in [2.24, 2.45) is 11.7 Å². The summed E-state index contributed by atoms with van der Waals surface area (Å²) in [6, 6.07) is 0.447. The Morgan fingerprint density at radius 3 is 2.93 bits per heavy atom. The zero-order chi connectivity index (χ0) is 11.1. The van der Waals surface area contributed by atoms with E-state index in [1.807, 2.05) is 0 Å². The van der Waals surface area contributed by atoms with Crippen LogP contribution in [0.25, 0.3) is 0 Å². The van der Waals surface area contributed by atoms with Gasteiger partial charge >= 0.3 is 0 Å². The SMILES string of the molecule is CCCNC(=O)CNC1CCCC1CN. The van der Waals surface area contributed by atoms with E-state index in [4.69, 9.17) is 5.73 Å². The Balaban J connectivity index is 2.15. The molecule has 1 amide bonds. The van der Waals surface area contributed by atoms with Crippen LogP contribution in [0.15, 0.2) is 0 Å². The highest BCUT2D eigenvalue weighted by Gasteiger charge is 2.25. The zero-order valence-electron chi connectivity index (χ0n) is 9.59. The molecule has 2 unspecified atom stereocenters. The molecular formula is C11H23N3O. The van der Waals surface area contributed by atoms with Crippen LogP contribution in [0.3, 0.4) is 0 Å². The third-order valence-electron chi connectivity index (χ3n) is 3.06. The van der Waals surface area contributed by atoms with Crippen molar-refractivity contribution in [2.45, 2.75) is 38.6 Å². The van der Waals surface area contributed by atoms with Crippen molar-refractivity contribution in [2.75, 3.05) is 19.6 Å². The van der Waals surface area contributed by atoms with Crippen LogP contribution < -0.4 is 16.4 Å². The van der Waals surface area contributed by atoms with Gasteiger partial charge in [0.05, 0.1) is 6.54 Å². The molecule has 0 bridgehead atoms. The van der Waals surface area contributed by atoms with Crippen LogP contribution in [0.4, 0.5) is 0 Å². The molecule has 1 aliphatic carbocycles. The van der Waals surface area contributed by atoms with Crippen LogP contribution >= 0.6 is 0 Å². The average Bonchev–Trinajstić information content (AvgIpc) is 2.70. The maximum absolute atomic E-state index is 11.3. The molecule has 1 saturated carbocycles. The standard InChI is InChI=1S/C11H23N3O/c1-2-6-13-11(15)8-14-10-5-3-4-9(10)7-12/h9-10,14H,2-8,12H2,1H3,(H,13,15). The van der Waals surface area contributed by atoms with Crippen molar-refractivity contribution in [3.05, 3.63) is 0 Å². The number of carbonyl (C=O) groups excluding carboxylic acids is 1. The Morgan fingerprint density at radius 1 is 1.47 bits per heavy atom. The van der Waals surface area contributed by atoms with Crippen LogP contribution in [-0.2, 0) is 4.79 Å². The molecule has 4 nitrogen and oxygen atoms in total. The summed E-state index contributed by atoms with van der Waals surface area (Å²) in [6.07, 6.45) is 4.57. The van der Waals surface area contributed by atoms with E-state index in [9.17, 15) is 4.79 Å². The van der Waals surface area contributed by atoms with Crippen LogP contribution in [0.1, 0.15) is 32.6 Å². The second-order valence-electron chi connectivity index (χ2n) is 4.26. The van der Waals surface area contributed by atoms with Gasteiger partial charge in [-0.1, -0.05) is 13.3 Å². The predicted octanol–water partition coefficient (Wildman–Crippen LogP) is 0.230. The summed E-state index contributed by atoms with van der Waals surface area (Å²) < 4.78 is 0. The molecule has 1 rings (SSSR count). The summed E-state index contributed by atoms with van der Waals surface area (Å²) in [5.41, 5.74) is 5.67. The summed E-state index contributed by atoms with van der Waals surface area (Å²) in [4.78, 5) is 11.3. The minimum absolute atomic E-state index is 0.0968. The van der Waals surface area contributed by atoms with Gasteiger partial charge in [0.1, 0.15) is 0 Å². The zero-order valence-corrected chi connectivity index (χ0v) is 9.59. The van der Waals surface area contributed by atoms with E-state index in [-0.39, 0.29) is 5.91 Å². The lowest BCUT2D eigenvalue weighted by atomic mass is 10.0. The Morgan fingerprint density at radius 2 is 2.27 bits per heavy atom. The largest absolute Gasteiger partial charge is 0.355 e. The fourth-order valence-electron chi connectivity index (χ4n) is 2.14. The quantitative estimate of drug-likeness (QED) is 0.591. The van der Waals surface area contributed by atoms with Gasteiger partial charge in [-0.05, 0) is 31.7 Å². The van der Waals surface area contributed by atoms with Crippen LogP contribution in [0.2, 0.25) is 0 Å². The summed E-state index contributed by atoms with van der Waals surface area (Å²) in [6.45, 7) is 3.98. The summed E-state index contributed by atoms with van der Waals surface area (Å²) >= 11 is 0. The maximum Gasteiger partial charge on any atom is 0.233 e. The topological polar surface area (TPSA) is 67.2 Å². The highest BCUT2D eigenvalue weighted by molar-refractivity contribution is 5.77. The molecule has 0 radical (unpaired) electrons. The molecule has 1 aliphatic rings. The Hall–Kier alpha value is -0.610. The van der Waals surface area contributed by atoms with E-state index < -0.39 is 0 Å². The normalized spacial score (nSPS) is 25.5. The first kappa shape index (κ1) is 12.5. The van der Waals surface area contributed by atoms with Gasteiger partial charge in [-0.25, -0.2) is 0 Å². The second-order valence-corrected chi connectivity index (χ2v) is 4.26. The average molecular weight is 213 g/mol. The molecule has 4 N–H and O–H groups in total. The Labute approximate surface area is 92.0 Å². The molecule has 0 aliphatic heterocycles. The van der Waals surface area contributed by atoms with Crippen LogP contribution in [-0.4, -0.2) is 31.6 Å². The summed E-state index contributed by atoms with van der Waals surface area (Å²) in [5, 5.41) is 6.16. The van der Waals surface area contributed by atoms with E-state index in [1.54, 1.807) is 0 Å². The van der Waals surface area contributed by atoms with Crippen LogP contribution in [0, 0.1) is 5.92 Å². The molecule has 0 spiro atoms. The van der Waals surface area contributed by atoms with Crippen LogP contribution in [0.5, 0.6) is 0 Å². The van der Waals surface area contributed by atoms with Gasteiger partial charge in [0.2, 0.25) is 5.91 Å². The van der Waals surface area contributed by atoms with Gasteiger partial charge in [0.25, 0.3) is 0 Å². The molecule has 0 aromatic carbocycles. The molecular weight excluding hydrogens is 190 g/mol. The smallest absolute Gasteiger partial charge is 0.233 e. The fourth-order valence-corrected chi connectivity index (χ4v) is 2.14. The monoisotopic (exact) mass is 213 g/mol. The lowest BCUT2D eigenvalue weighted by Gasteiger charge is -2.19. The number of hydrogen-bond acceptors (Lipinski definition) is 3. The minimum atomic E-state index is 0.0968. The predicted molar refractivity (Wildman–Crippen MR) is 61.5 cm³/mol. The van der Waals surface area contributed by atoms with E-state index in [1.165, 1.54) is 12.8 Å². The highest BCUT2D eigenvalue weighted by atomic mass is 16.1. The number of carbonyl (C=O) groups is 1. The maximum atomic E-state index is 11.3. The molecule has 0 saturated heterocycles. The van der Waals surface area contributed by atoms with Gasteiger partial charge in [-0.3, -0.25) is 4.79 Å². The molecule has 0 heterocycles. The highest BCUT2D eigenvalue weighted by Crippen LogP contribution is 2.24. The first-order chi connectivity index (χ1) is 7.27. The second kappa shape index (κ2) is 6.80. The molecule has 2 atom stereocenters. The number of rotatable bonds is 6. The Kier molecular flexibility index (Phi) is 5.65. The molecule has 88 valence electrons. The van der Waals surface area contributed by atoms with Crippen molar-refractivity contribution in [1.29, 1.82) is 0 Å². The van der Waals surface area contributed by atoms with Crippen molar-refractivity contribution in [3.63, 3.8) is 0 Å². The third-order valence-corrected chi connectivity index (χ3v) is 3.06. The number of nitrogens with two attached hydrogens (primary N) is 1. The first-order valence-corrected chi connectivity index (χ1v) is 5.98. The van der Waals surface area contributed by atoms with Gasteiger partial charge in [-0.15, -0.1) is 0 Å². The van der Waals surface area contributed by atoms with Gasteiger partial charge in [-0.2, -0.15) is 0 Å². The summed E-state index contributed by atoms with van der Waals surface area (Å²) in [5.74, 6) is 0.656. The van der Waals surface area contributed by atoms with E-state index in [0.717, 1.165) is 25.9 Å². The first-order valence-electron chi connectivity index (χ1n) is 5.98. The molecule has 15 heavy (non-hydrogen) atoms. The van der Waals surface area contributed by atoms with Crippen molar-refractivity contribution < 1.29 is 4.79 Å². The number of nitrogens with one attached hydrogen (secondary N) is 2. The van der Waals surface area contributed by atoms with E-state index in [0.29, 0.717) is 18.5 Å². The molecule has 0 aromatic heterocycles. The van der Waals surface area contributed by atoms with Gasteiger partial charge in [0, 0.05) is 12.6 Å². The molecule has 0 aromatic rings. The fraction of sp³-hybridized carbons (Fsp3) is 0.909. The van der Waals surface area contributed by atoms with E-state index in [2.05, 4.69) is 17.6 Å². The third kappa shape index (κ3) is 4.18. The van der Waals surface area contributed by atoms with Gasteiger partial charge in [0.15, 0.2) is 0 Å². The lowest BCUT2D eigenvalue weighted by Crippen LogP contribution is -2.42. The summed E-state index contributed by atoms with van der Waals surface area (Å²) in [7, 11) is 0.